The van der Waals surface area contributed by atoms with Crippen molar-refractivity contribution in [1.29, 1.82) is 0 Å². The fraction of sp³-hybridized carbons (Fsp3) is 0.222. The summed E-state index contributed by atoms with van der Waals surface area (Å²) in [6.07, 6.45) is 16.8. The van der Waals surface area contributed by atoms with Crippen LogP contribution in [0.4, 0.5) is 0 Å². The molecule has 0 atom stereocenters. The third-order valence-electron chi connectivity index (χ3n) is 3.31. The standard InChI is InChI=1S/C18H18O2S/c1-13-5-3-7-15(8-4-6-13)9-10-16-18-17(14(2)21-16)19-11-12-20-18/h3-10H,11-12H2,1-2H3/b5-3-,6-4?,7-3?,8-4-,10-9+,13-5?,13-6-,15-7+,15-8?. The Hall–Kier alpha value is -2.00. The lowest BCUT2D eigenvalue weighted by Gasteiger charge is -2.16. The molecule has 0 saturated carbocycles. The van der Waals surface area contributed by atoms with Gasteiger partial charge in [-0.05, 0) is 25.5 Å². The second kappa shape index (κ2) is 6.19. The van der Waals surface area contributed by atoms with Gasteiger partial charge in [0.2, 0.25) is 0 Å². The summed E-state index contributed by atoms with van der Waals surface area (Å²) in [5.41, 5.74) is 2.41. The minimum atomic E-state index is 0.624. The molecule has 0 radical (unpaired) electrons. The molecule has 0 saturated heterocycles. The maximum absolute atomic E-state index is 5.75. The van der Waals surface area contributed by atoms with E-state index in [1.807, 2.05) is 0 Å². The first-order valence-corrected chi connectivity index (χ1v) is 7.86. The Bertz CT molecular complexity index is 684. The Balaban J connectivity index is 1.84. The summed E-state index contributed by atoms with van der Waals surface area (Å²) >= 11 is 1.71. The number of ether oxygens (including phenoxy) is 2. The van der Waals surface area contributed by atoms with Crippen LogP contribution in [0, 0.1) is 6.92 Å². The molecular formula is C18H18O2S. The molecule has 0 unspecified atom stereocenters. The van der Waals surface area contributed by atoms with Gasteiger partial charge in [-0.15, -0.1) is 11.3 Å². The number of allylic oxidation sites excluding steroid dienone is 9. The number of rotatable bonds is 2. The zero-order valence-electron chi connectivity index (χ0n) is 12.3. The largest absolute Gasteiger partial charge is 0.485 e. The molecule has 1 aromatic rings. The maximum Gasteiger partial charge on any atom is 0.179 e. The van der Waals surface area contributed by atoms with E-state index >= 15 is 0 Å². The van der Waals surface area contributed by atoms with E-state index in [1.54, 1.807) is 11.3 Å². The normalized spacial score (nSPS) is 25.4. The third-order valence-corrected chi connectivity index (χ3v) is 4.34. The highest BCUT2D eigenvalue weighted by Gasteiger charge is 2.20. The number of hydrogen-bond donors (Lipinski definition) is 0. The van der Waals surface area contributed by atoms with Crippen molar-refractivity contribution in [2.45, 2.75) is 13.8 Å². The van der Waals surface area contributed by atoms with Crippen LogP contribution in [0.25, 0.3) is 6.08 Å². The first-order chi connectivity index (χ1) is 10.2. The minimum absolute atomic E-state index is 0.624. The average Bonchev–Trinajstić information content (AvgIpc) is 2.79. The molecule has 2 heterocycles. The molecule has 3 heteroatoms. The summed E-state index contributed by atoms with van der Waals surface area (Å²) in [6.45, 7) is 5.42. The second-order valence-corrected chi connectivity index (χ2v) is 6.26. The molecule has 2 aliphatic rings. The molecule has 0 bridgehead atoms. The Labute approximate surface area is 129 Å². The lowest BCUT2D eigenvalue weighted by atomic mass is 10.1. The molecule has 1 aliphatic carbocycles. The summed E-state index contributed by atoms with van der Waals surface area (Å²) in [5, 5.41) is 0. The van der Waals surface area contributed by atoms with Crippen molar-refractivity contribution in [3.8, 4) is 11.5 Å². The molecule has 21 heavy (non-hydrogen) atoms. The molecule has 1 aliphatic heterocycles. The highest BCUT2D eigenvalue weighted by atomic mass is 32.1. The van der Waals surface area contributed by atoms with E-state index in [0.717, 1.165) is 21.9 Å². The Morgan fingerprint density at radius 1 is 0.952 bits per heavy atom. The lowest BCUT2D eigenvalue weighted by Crippen LogP contribution is -2.14. The topological polar surface area (TPSA) is 18.5 Å². The van der Waals surface area contributed by atoms with Crippen LogP contribution < -0.4 is 9.47 Å². The molecule has 108 valence electrons. The van der Waals surface area contributed by atoms with Gasteiger partial charge in [0.15, 0.2) is 11.5 Å². The summed E-state index contributed by atoms with van der Waals surface area (Å²) in [4.78, 5) is 2.29. The highest BCUT2D eigenvalue weighted by molar-refractivity contribution is 7.13. The van der Waals surface area contributed by atoms with Crippen LogP contribution in [0.5, 0.6) is 11.5 Å². The average molecular weight is 298 g/mol. The van der Waals surface area contributed by atoms with Crippen molar-refractivity contribution in [2.75, 3.05) is 13.2 Å². The Morgan fingerprint density at radius 3 is 2.57 bits per heavy atom. The fourth-order valence-electron chi connectivity index (χ4n) is 2.25. The molecule has 0 amide bonds. The number of aryl methyl sites for hydroxylation is 1. The minimum Gasteiger partial charge on any atom is -0.485 e. The van der Waals surface area contributed by atoms with E-state index in [4.69, 9.17) is 9.47 Å². The summed E-state index contributed by atoms with van der Waals surface area (Å²) in [6, 6.07) is 0. The molecular weight excluding hydrogens is 280 g/mol. The van der Waals surface area contributed by atoms with Crippen LogP contribution in [-0.4, -0.2) is 13.2 Å². The van der Waals surface area contributed by atoms with Crippen LogP contribution in [0.2, 0.25) is 0 Å². The Morgan fingerprint density at radius 2 is 1.71 bits per heavy atom. The summed E-state index contributed by atoms with van der Waals surface area (Å²) in [5.74, 6) is 1.80. The lowest BCUT2D eigenvalue weighted by molar-refractivity contribution is 0.172. The predicted octanol–water partition coefficient (Wildman–Crippen LogP) is 4.84. The molecule has 0 fully saturated rings. The quantitative estimate of drug-likeness (QED) is 0.778. The van der Waals surface area contributed by atoms with Crippen molar-refractivity contribution in [1.82, 2.24) is 0 Å². The molecule has 0 N–H and O–H groups in total. The van der Waals surface area contributed by atoms with Gasteiger partial charge in [-0.3, -0.25) is 0 Å². The van der Waals surface area contributed by atoms with Gasteiger partial charge in [0.05, 0.1) is 4.88 Å². The van der Waals surface area contributed by atoms with Crippen LogP contribution >= 0.6 is 11.3 Å². The predicted molar refractivity (Wildman–Crippen MR) is 89.2 cm³/mol. The van der Waals surface area contributed by atoms with E-state index in [1.165, 1.54) is 10.5 Å². The van der Waals surface area contributed by atoms with Crippen LogP contribution in [0.1, 0.15) is 16.7 Å². The van der Waals surface area contributed by atoms with E-state index in [0.29, 0.717) is 13.2 Å². The van der Waals surface area contributed by atoms with Crippen molar-refractivity contribution in [2.24, 2.45) is 0 Å². The third kappa shape index (κ3) is 3.19. The summed E-state index contributed by atoms with van der Waals surface area (Å²) < 4.78 is 11.4. The molecule has 2 nitrogen and oxygen atoms in total. The van der Waals surface area contributed by atoms with Gasteiger partial charge >= 0.3 is 0 Å². The zero-order valence-corrected chi connectivity index (χ0v) is 13.1. The van der Waals surface area contributed by atoms with Gasteiger partial charge in [0.25, 0.3) is 0 Å². The maximum atomic E-state index is 5.75. The fourth-order valence-corrected chi connectivity index (χ4v) is 3.20. The smallest absolute Gasteiger partial charge is 0.179 e. The van der Waals surface area contributed by atoms with Gasteiger partial charge in [0.1, 0.15) is 13.2 Å². The van der Waals surface area contributed by atoms with E-state index in [2.05, 4.69) is 62.5 Å². The molecule has 1 aromatic heterocycles. The second-order valence-electron chi connectivity index (χ2n) is 5.01. The molecule has 0 aromatic carbocycles. The van der Waals surface area contributed by atoms with E-state index in [-0.39, 0.29) is 0 Å². The number of hydrogen-bond acceptors (Lipinski definition) is 3. The van der Waals surface area contributed by atoms with Gasteiger partial charge < -0.3 is 9.47 Å². The van der Waals surface area contributed by atoms with E-state index < -0.39 is 0 Å². The SMILES string of the molecule is CC1=C\C=C/C(/C=C/c2sc(C)c3c2OCCO3)=C\C=C/1. The van der Waals surface area contributed by atoms with Gasteiger partial charge in [-0.25, -0.2) is 0 Å². The monoisotopic (exact) mass is 298 g/mol. The van der Waals surface area contributed by atoms with Crippen LogP contribution in [-0.2, 0) is 0 Å². The van der Waals surface area contributed by atoms with Crippen LogP contribution in [0.3, 0.4) is 0 Å². The van der Waals surface area contributed by atoms with Crippen molar-refractivity contribution >= 4 is 17.4 Å². The first-order valence-electron chi connectivity index (χ1n) is 7.04. The van der Waals surface area contributed by atoms with Crippen molar-refractivity contribution in [3.05, 3.63) is 63.4 Å². The highest BCUT2D eigenvalue weighted by Crippen LogP contribution is 2.44. The van der Waals surface area contributed by atoms with Crippen LogP contribution in [0.15, 0.2) is 53.7 Å². The summed E-state index contributed by atoms with van der Waals surface area (Å²) in [7, 11) is 0. The molecule has 3 rings (SSSR count). The van der Waals surface area contributed by atoms with Gasteiger partial charge in [-0.1, -0.05) is 48.1 Å². The van der Waals surface area contributed by atoms with Gasteiger partial charge in [-0.2, -0.15) is 0 Å². The zero-order chi connectivity index (χ0) is 14.7. The van der Waals surface area contributed by atoms with Gasteiger partial charge in [0, 0.05) is 4.88 Å². The number of fused-ring (bicyclic) bond motifs is 1. The first kappa shape index (κ1) is 14.0. The molecule has 0 spiro atoms. The Kier molecular flexibility index (Phi) is 4.11. The number of thiophene rings is 1. The van der Waals surface area contributed by atoms with Crippen molar-refractivity contribution < 1.29 is 9.47 Å². The van der Waals surface area contributed by atoms with E-state index in [9.17, 15) is 0 Å². The van der Waals surface area contributed by atoms with Crippen molar-refractivity contribution in [3.63, 3.8) is 0 Å².